The molecule has 1 aliphatic carbocycles. The van der Waals surface area contributed by atoms with Crippen LogP contribution >= 0.6 is 0 Å². The molecule has 0 saturated heterocycles. The second kappa shape index (κ2) is 16.8. The van der Waals surface area contributed by atoms with Crippen LogP contribution in [0.5, 0.6) is 0 Å². The molecule has 1 fully saturated rings. The number of rotatable bonds is 14. The first-order chi connectivity index (χ1) is 23.9. The van der Waals surface area contributed by atoms with Crippen LogP contribution in [-0.4, -0.2) is 19.8 Å². The SMILES string of the molecule is C=C(CC1C(CCC(/C=C\C)N=C(C)/C=C\C)c2ccccc2-c2cc(CC3CCCC3)c([Si](C)(C)C)c[n+]21)[n+]1ccc(CC(C)C)cc1C. The molecule has 1 aliphatic heterocycles. The van der Waals surface area contributed by atoms with E-state index < -0.39 is 8.07 Å². The number of benzene rings is 1. The third-order valence-electron chi connectivity index (χ3n) is 11.1. The Balaban J connectivity index is 1.62. The molecule has 1 saturated carbocycles. The quantitative estimate of drug-likeness (QED) is 0.0696. The average molecular weight is 688 g/mol. The molecule has 3 unspecified atom stereocenters. The van der Waals surface area contributed by atoms with Crippen LogP contribution in [0, 0.1) is 18.8 Å². The second-order valence-corrected chi connectivity index (χ2v) is 21.8. The Morgan fingerprint density at radius 3 is 2.44 bits per heavy atom. The maximum Gasteiger partial charge on any atom is 0.213 e. The van der Waals surface area contributed by atoms with Gasteiger partial charge in [0.1, 0.15) is 0 Å². The molecule has 0 bridgehead atoms. The van der Waals surface area contributed by atoms with Crippen molar-refractivity contribution in [3.63, 3.8) is 0 Å². The van der Waals surface area contributed by atoms with Crippen molar-refractivity contribution in [2.45, 2.75) is 137 Å². The number of aliphatic imine (C=N–C) groups is 1. The Bertz CT molecular complexity index is 1730. The molecule has 0 N–H and O–H groups in total. The number of pyridine rings is 2. The Morgan fingerprint density at radius 2 is 1.78 bits per heavy atom. The summed E-state index contributed by atoms with van der Waals surface area (Å²) >= 11 is 0. The minimum Gasteiger partial charge on any atom is -0.283 e. The predicted octanol–water partition coefficient (Wildman–Crippen LogP) is 10.7. The molecule has 266 valence electrons. The summed E-state index contributed by atoms with van der Waals surface area (Å²) in [6, 6.07) is 17.0. The van der Waals surface area contributed by atoms with E-state index in [1.165, 1.54) is 65.9 Å². The summed E-state index contributed by atoms with van der Waals surface area (Å²) in [5.74, 6) is 1.81. The van der Waals surface area contributed by atoms with Crippen LogP contribution in [0.3, 0.4) is 0 Å². The number of fused-ring (bicyclic) bond motifs is 3. The second-order valence-electron chi connectivity index (χ2n) is 16.7. The van der Waals surface area contributed by atoms with Gasteiger partial charge in [0, 0.05) is 47.5 Å². The number of hydrogen-bond donors (Lipinski definition) is 0. The van der Waals surface area contributed by atoms with E-state index in [1.54, 1.807) is 10.8 Å². The molecule has 0 amide bonds. The maximum absolute atomic E-state index is 5.14. The molecule has 50 heavy (non-hydrogen) atoms. The van der Waals surface area contributed by atoms with Crippen molar-refractivity contribution in [3.05, 3.63) is 108 Å². The van der Waals surface area contributed by atoms with Crippen molar-refractivity contribution >= 4 is 24.7 Å². The fraction of sp³-hybridized carbons (Fsp3) is 0.500. The van der Waals surface area contributed by atoms with Crippen molar-refractivity contribution < 1.29 is 9.13 Å². The Hall–Kier alpha value is -3.37. The van der Waals surface area contributed by atoms with Crippen molar-refractivity contribution in [2.75, 3.05) is 0 Å². The van der Waals surface area contributed by atoms with Gasteiger partial charge in [0.2, 0.25) is 5.69 Å². The Kier molecular flexibility index (Phi) is 12.7. The van der Waals surface area contributed by atoms with Crippen molar-refractivity contribution in [3.8, 4) is 11.3 Å². The zero-order chi connectivity index (χ0) is 36.0. The van der Waals surface area contributed by atoms with Gasteiger partial charge in [-0.05, 0) is 93.7 Å². The third-order valence-corrected chi connectivity index (χ3v) is 13.1. The number of hydrogen-bond acceptors (Lipinski definition) is 1. The summed E-state index contributed by atoms with van der Waals surface area (Å²) < 4.78 is 5.06. The zero-order valence-corrected chi connectivity index (χ0v) is 33.8. The van der Waals surface area contributed by atoms with Crippen molar-refractivity contribution in [2.24, 2.45) is 16.8 Å². The largest absolute Gasteiger partial charge is 0.283 e. The molecule has 3 heterocycles. The number of aromatic nitrogens is 2. The highest BCUT2D eigenvalue weighted by Crippen LogP contribution is 2.44. The van der Waals surface area contributed by atoms with E-state index >= 15 is 0 Å². The van der Waals surface area contributed by atoms with Gasteiger partial charge >= 0.3 is 0 Å². The van der Waals surface area contributed by atoms with E-state index in [4.69, 9.17) is 11.6 Å². The maximum atomic E-state index is 5.14. The third kappa shape index (κ3) is 9.10. The summed E-state index contributed by atoms with van der Waals surface area (Å²) in [6.45, 7) is 25.6. The molecule has 5 rings (SSSR count). The van der Waals surface area contributed by atoms with Gasteiger partial charge in [-0.3, -0.25) is 4.99 Å². The molecule has 3 atom stereocenters. The van der Waals surface area contributed by atoms with Crippen LogP contribution in [0.4, 0.5) is 0 Å². The summed E-state index contributed by atoms with van der Waals surface area (Å²) in [4.78, 5) is 5.14. The van der Waals surface area contributed by atoms with Crippen molar-refractivity contribution in [1.82, 2.24) is 0 Å². The molecular formula is C46H65N3Si+2. The molecule has 1 aromatic carbocycles. The lowest BCUT2D eigenvalue weighted by Crippen LogP contribution is -2.54. The van der Waals surface area contributed by atoms with E-state index in [0.717, 1.165) is 37.3 Å². The highest BCUT2D eigenvalue weighted by molar-refractivity contribution is 6.89. The first kappa shape index (κ1) is 37.9. The summed E-state index contributed by atoms with van der Waals surface area (Å²) in [5, 5.41) is 1.64. The monoisotopic (exact) mass is 687 g/mol. The summed E-state index contributed by atoms with van der Waals surface area (Å²) in [5.41, 5.74) is 10.8. The summed E-state index contributed by atoms with van der Waals surface area (Å²) in [7, 11) is -1.64. The standard InChI is InChI=1S/C46H65N3Si/c1-11-17-34(5)47-40(18-12-2)23-24-43-41-21-15-16-22-42(41)45-31-39(30-37-19-13-14-20-37)46(50(8,9)10)32-49(45)44(43)29-36(7)48-26-25-38(27-33(3)4)28-35(48)6/h11-12,15-18,21-22,25-26,28,31-33,37,40,43-44H,7,13-14,19-20,23-24,27,29-30H2,1-6,8-10H3/q+2/b17-11-,18-12-,47-34?. The predicted molar refractivity (Wildman–Crippen MR) is 218 cm³/mol. The lowest BCUT2D eigenvalue weighted by molar-refractivity contribution is -0.720. The van der Waals surface area contributed by atoms with Crippen LogP contribution in [0.1, 0.15) is 114 Å². The zero-order valence-electron chi connectivity index (χ0n) is 32.8. The molecule has 2 aliphatic rings. The first-order valence-corrected chi connectivity index (χ1v) is 23.1. The van der Waals surface area contributed by atoms with Crippen molar-refractivity contribution in [1.29, 1.82) is 0 Å². The minimum atomic E-state index is -1.64. The van der Waals surface area contributed by atoms with E-state index in [-0.39, 0.29) is 12.1 Å². The summed E-state index contributed by atoms with van der Waals surface area (Å²) in [6.07, 6.45) is 24.4. The van der Waals surface area contributed by atoms with Crippen LogP contribution < -0.4 is 14.3 Å². The molecule has 4 heteroatoms. The van der Waals surface area contributed by atoms with Gasteiger partial charge < -0.3 is 0 Å². The lowest BCUT2D eigenvalue weighted by Gasteiger charge is -2.33. The first-order valence-electron chi connectivity index (χ1n) is 19.6. The van der Waals surface area contributed by atoms with Gasteiger partial charge in [-0.1, -0.05) is 95.6 Å². The Labute approximate surface area is 306 Å². The molecule has 0 radical (unpaired) electrons. The van der Waals surface area contributed by atoms with Gasteiger partial charge in [-0.15, -0.1) is 0 Å². The average Bonchev–Trinajstić information content (AvgIpc) is 3.56. The highest BCUT2D eigenvalue weighted by Gasteiger charge is 2.43. The number of aryl methyl sites for hydroxylation is 1. The van der Waals surface area contributed by atoms with Gasteiger partial charge in [-0.25, -0.2) is 0 Å². The Morgan fingerprint density at radius 1 is 1.04 bits per heavy atom. The number of allylic oxidation sites excluding steroid dienone is 4. The van der Waals surface area contributed by atoms with Crippen LogP contribution in [0.2, 0.25) is 19.6 Å². The van der Waals surface area contributed by atoms with Gasteiger partial charge in [0.05, 0.1) is 20.5 Å². The molecule has 3 aromatic rings. The van der Waals surface area contributed by atoms with Gasteiger partial charge in [0.15, 0.2) is 29.8 Å². The molecule has 3 nitrogen and oxygen atoms in total. The fourth-order valence-corrected chi connectivity index (χ4v) is 10.5. The topological polar surface area (TPSA) is 20.1 Å². The minimum absolute atomic E-state index is 0.162. The molecular weight excluding hydrogens is 623 g/mol. The van der Waals surface area contributed by atoms with Crippen LogP contribution in [-0.2, 0) is 12.8 Å². The van der Waals surface area contributed by atoms with Crippen LogP contribution in [0.25, 0.3) is 17.0 Å². The number of nitrogens with zero attached hydrogens (tertiary/aromatic N) is 3. The van der Waals surface area contributed by atoms with E-state index in [2.05, 4.69) is 149 Å². The fourth-order valence-electron chi connectivity index (χ4n) is 8.80. The van der Waals surface area contributed by atoms with E-state index in [9.17, 15) is 0 Å². The van der Waals surface area contributed by atoms with Gasteiger partial charge in [-0.2, -0.15) is 9.13 Å². The molecule has 2 aromatic heterocycles. The molecule has 0 spiro atoms. The highest BCUT2D eigenvalue weighted by atomic mass is 28.3. The van der Waals surface area contributed by atoms with E-state index in [0.29, 0.717) is 11.8 Å². The lowest BCUT2D eigenvalue weighted by atomic mass is 9.77. The van der Waals surface area contributed by atoms with Gasteiger partial charge in [0.25, 0.3) is 0 Å². The van der Waals surface area contributed by atoms with Crippen LogP contribution in [0.15, 0.2) is 90.7 Å². The normalized spacial score (nSPS) is 19.0. The van der Waals surface area contributed by atoms with E-state index in [1.807, 2.05) is 0 Å². The smallest absolute Gasteiger partial charge is 0.213 e.